The number of nitrogens with two attached hydrogens (primary N) is 1. The molecule has 0 atom stereocenters. The summed E-state index contributed by atoms with van der Waals surface area (Å²) >= 11 is 5.49. The third-order valence-electron chi connectivity index (χ3n) is 4.41. The molecule has 0 spiro atoms. The van der Waals surface area contributed by atoms with Gasteiger partial charge < -0.3 is 19.9 Å². The van der Waals surface area contributed by atoms with Crippen LogP contribution in [0.2, 0.25) is 0 Å². The van der Waals surface area contributed by atoms with Crippen LogP contribution in [-0.4, -0.2) is 29.2 Å². The van der Waals surface area contributed by atoms with Crippen molar-refractivity contribution in [3.05, 3.63) is 42.2 Å². The quantitative estimate of drug-likeness (QED) is 0.495. The summed E-state index contributed by atoms with van der Waals surface area (Å²) in [5.41, 5.74) is 3.00. The van der Waals surface area contributed by atoms with Gasteiger partial charge in [-0.3, -0.25) is 0 Å². The number of nitrogens with one attached hydrogen (secondary N) is 2. The second kappa shape index (κ2) is 8.58. The number of nitrogens with zero attached hydrogens (tertiary/aromatic N) is 2. The maximum atomic E-state index is 11.8. The number of fused-ring (bicyclic) bond motifs is 1. The summed E-state index contributed by atoms with van der Waals surface area (Å²) in [6.45, 7) is 8.53. The first-order valence-corrected chi connectivity index (χ1v) is 11.4. The lowest BCUT2D eigenvalue weighted by Gasteiger charge is -2.18. The molecular weight excluding hydrogens is 422 g/mol. The Labute approximate surface area is 181 Å². The summed E-state index contributed by atoms with van der Waals surface area (Å²) in [6.07, 6.45) is -0.108. The molecule has 0 amide bonds. The third-order valence-corrected chi connectivity index (χ3v) is 5.53. The number of thiocarbonyl (C=S) groups is 1. The number of rotatable bonds is 6. The van der Waals surface area contributed by atoms with Gasteiger partial charge in [0, 0.05) is 6.54 Å². The number of imidazole rings is 1. The number of ether oxygens (including phenoxy) is 1. The predicted octanol–water partition coefficient (Wildman–Crippen LogP) is 3.61. The molecule has 0 unspecified atom stereocenters. The van der Waals surface area contributed by atoms with E-state index in [4.69, 9.17) is 22.1 Å². The van der Waals surface area contributed by atoms with Crippen LogP contribution in [0.5, 0.6) is 5.75 Å². The van der Waals surface area contributed by atoms with E-state index < -0.39 is 10.0 Å². The van der Waals surface area contributed by atoms with E-state index in [-0.39, 0.29) is 16.1 Å². The van der Waals surface area contributed by atoms with Gasteiger partial charge in [0.15, 0.2) is 5.11 Å². The fourth-order valence-electron chi connectivity index (χ4n) is 3.21. The standard InChI is InChI=1S/C20H25N5O3S2/c1-5-25-13(4)22-15-7-6-8-16(19(15)25)23-20(29)24-17-11-14(30(21,26)27)9-10-18(17)28-12(2)3/h6-12H,5H2,1-4H3,(H2,21,26,27)(H2,23,24,29). The number of benzene rings is 2. The van der Waals surface area contributed by atoms with Crippen molar-refractivity contribution < 1.29 is 13.2 Å². The largest absolute Gasteiger partial charge is 0.489 e. The number of primary sulfonamides is 1. The molecule has 8 nitrogen and oxygen atoms in total. The normalized spacial score (nSPS) is 11.7. The summed E-state index contributed by atoms with van der Waals surface area (Å²) < 4.78 is 31.4. The van der Waals surface area contributed by atoms with Gasteiger partial charge in [-0.15, -0.1) is 0 Å². The minimum atomic E-state index is -3.87. The number of para-hydroxylation sites is 1. The summed E-state index contributed by atoms with van der Waals surface area (Å²) in [7, 11) is -3.87. The third kappa shape index (κ3) is 4.72. The highest BCUT2D eigenvalue weighted by Crippen LogP contribution is 2.29. The van der Waals surface area contributed by atoms with Crippen LogP contribution in [0.1, 0.15) is 26.6 Å². The summed E-state index contributed by atoms with van der Waals surface area (Å²) in [4.78, 5) is 4.54. The predicted molar refractivity (Wildman–Crippen MR) is 124 cm³/mol. The molecule has 1 heterocycles. The minimum Gasteiger partial charge on any atom is -0.489 e. The lowest BCUT2D eigenvalue weighted by molar-refractivity contribution is 0.243. The number of aryl methyl sites for hydroxylation is 2. The van der Waals surface area contributed by atoms with Gasteiger partial charge in [-0.05, 0) is 70.2 Å². The van der Waals surface area contributed by atoms with Gasteiger partial charge in [-0.2, -0.15) is 0 Å². The van der Waals surface area contributed by atoms with Crippen LogP contribution in [0.3, 0.4) is 0 Å². The Bertz CT molecular complexity index is 1200. The van der Waals surface area contributed by atoms with Gasteiger partial charge in [0.05, 0.1) is 33.4 Å². The van der Waals surface area contributed by atoms with Crippen LogP contribution >= 0.6 is 12.2 Å². The maximum absolute atomic E-state index is 11.8. The van der Waals surface area contributed by atoms with E-state index in [0.29, 0.717) is 11.4 Å². The number of aromatic nitrogens is 2. The first kappa shape index (κ1) is 22.0. The molecule has 0 fully saturated rings. The summed E-state index contributed by atoms with van der Waals surface area (Å²) in [6, 6.07) is 10.1. The molecule has 160 valence electrons. The molecule has 4 N–H and O–H groups in total. The van der Waals surface area contributed by atoms with E-state index in [0.717, 1.165) is 29.1 Å². The summed E-state index contributed by atoms with van der Waals surface area (Å²) in [5, 5.41) is 11.8. The van der Waals surface area contributed by atoms with Crippen molar-refractivity contribution in [2.45, 2.75) is 45.2 Å². The Kier molecular flexibility index (Phi) is 6.30. The monoisotopic (exact) mass is 447 g/mol. The zero-order chi connectivity index (χ0) is 22.1. The molecule has 0 aliphatic rings. The van der Waals surface area contributed by atoms with Crippen molar-refractivity contribution in [3.8, 4) is 5.75 Å². The molecule has 0 aliphatic heterocycles. The lowest BCUT2D eigenvalue weighted by Crippen LogP contribution is -2.21. The molecule has 2 aromatic carbocycles. The van der Waals surface area contributed by atoms with Crippen LogP contribution in [-0.2, 0) is 16.6 Å². The van der Waals surface area contributed by atoms with E-state index in [2.05, 4.69) is 27.1 Å². The van der Waals surface area contributed by atoms with E-state index >= 15 is 0 Å². The Morgan fingerprint density at radius 3 is 2.57 bits per heavy atom. The van der Waals surface area contributed by atoms with Crippen LogP contribution in [0.25, 0.3) is 11.0 Å². The van der Waals surface area contributed by atoms with E-state index in [9.17, 15) is 8.42 Å². The van der Waals surface area contributed by atoms with Crippen molar-refractivity contribution in [2.24, 2.45) is 5.14 Å². The highest BCUT2D eigenvalue weighted by Gasteiger charge is 2.16. The Morgan fingerprint density at radius 2 is 1.93 bits per heavy atom. The van der Waals surface area contributed by atoms with Gasteiger partial charge in [-0.1, -0.05) is 6.07 Å². The number of hydrogen-bond acceptors (Lipinski definition) is 5. The average molecular weight is 448 g/mol. The van der Waals surface area contributed by atoms with Gasteiger partial charge in [-0.25, -0.2) is 18.5 Å². The molecule has 10 heteroatoms. The smallest absolute Gasteiger partial charge is 0.238 e. The maximum Gasteiger partial charge on any atom is 0.238 e. The number of hydrogen-bond donors (Lipinski definition) is 3. The van der Waals surface area contributed by atoms with Crippen molar-refractivity contribution >= 4 is 49.8 Å². The molecular formula is C20H25N5O3S2. The second-order valence-electron chi connectivity index (χ2n) is 7.03. The summed E-state index contributed by atoms with van der Waals surface area (Å²) in [5.74, 6) is 1.38. The Hall–Kier alpha value is -2.69. The highest BCUT2D eigenvalue weighted by atomic mass is 32.2. The van der Waals surface area contributed by atoms with Gasteiger partial charge in [0.1, 0.15) is 11.6 Å². The zero-order valence-corrected chi connectivity index (χ0v) is 18.9. The molecule has 3 rings (SSSR count). The fraction of sp³-hybridized carbons (Fsp3) is 0.300. The van der Waals surface area contributed by atoms with Crippen molar-refractivity contribution in [1.82, 2.24) is 9.55 Å². The molecule has 1 aromatic heterocycles. The molecule has 3 aromatic rings. The van der Waals surface area contributed by atoms with E-state index in [1.807, 2.05) is 39.0 Å². The highest BCUT2D eigenvalue weighted by molar-refractivity contribution is 7.89. The van der Waals surface area contributed by atoms with Gasteiger partial charge in [0.25, 0.3) is 0 Å². The molecule has 0 aliphatic carbocycles. The van der Waals surface area contributed by atoms with Crippen LogP contribution in [0.4, 0.5) is 11.4 Å². The van der Waals surface area contributed by atoms with Crippen molar-refractivity contribution in [3.63, 3.8) is 0 Å². The zero-order valence-electron chi connectivity index (χ0n) is 17.3. The van der Waals surface area contributed by atoms with E-state index in [1.54, 1.807) is 6.07 Å². The van der Waals surface area contributed by atoms with Gasteiger partial charge in [0.2, 0.25) is 10.0 Å². The first-order chi connectivity index (χ1) is 14.1. The molecule has 0 bridgehead atoms. The molecule has 0 saturated carbocycles. The van der Waals surface area contributed by atoms with E-state index in [1.165, 1.54) is 12.1 Å². The minimum absolute atomic E-state index is 0.0364. The Morgan fingerprint density at radius 1 is 1.23 bits per heavy atom. The van der Waals surface area contributed by atoms with Crippen molar-refractivity contribution in [1.29, 1.82) is 0 Å². The topological polar surface area (TPSA) is 111 Å². The van der Waals surface area contributed by atoms with Crippen LogP contribution in [0.15, 0.2) is 41.3 Å². The van der Waals surface area contributed by atoms with Crippen LogP contribution < -0.4 is 20.5 Å². The molecule has 0 saturated heterocycles. The fourth-order valence-corrected chi connectivity index (χ4v) is 3.97. The first-order valence-electron chi connectivity index (χ1n) is 9.47. The van der Waals surface area contributed by atoms with Crippen molar-refractivity contribution in [2.75, 3.05) is 10.6 Å². The lowest BCUT2D eigenvalue weighted by atomic mass is 10.2. The average Bonchev–Trinajstić information content (AvgIpc) is 2.97. The second-order valence-corrected chi connectivity index (χ2v) is 8.99. The van der Waals surface area contributed by atoms with Gasteiger partial charge >= 0.3 is 0 Å². The van der Waals surface area contributed by atoms with Crippen LogP contribution in [0, 0.1) is 6.92 Å². The molecule has 0 radical (unpaired) electrons. The Balaban J connectivity index is 1.94. The molecule has 30 heavy (non-hydrogen) atoms. The SMILES string of the molecule is CCn1c(C)nc2cccc(NC(=S)Nc3cc(S(N)(=O)=O)ccc3OC(C)C)c21. The number of anilines is 2. The number of sulfonamides is 1.